The summed E-state index contributed by atoms with van der Waals surface area (Å²) in [6, 6.07) is 10.6. The summed E-state index contributed by atoms with van der Waals surface area (Å²) in [5.74, 6) is 1.05. The highest BCUT2D eigenvalue weighted by Crippen LogP contribution is 2.20. The van der Waals surface area contributed by atoms with Gasteiger partial charge in [0.25, 0.3) is 0 Å². The molecule has 124 valence electrons. The van der Waals surface area contributed by atoms with Crippen LogP contribution in [0.3, 0.4) is 0 Å². The lowest BCUT2D eigenvalue weighted by molar-refractivity contribution is 0.460. The van der Waals surface area contributed by atoms with E-state index < -0.39 is 0 Å². The highest BCUT2D eigenvalue weighted by atomic mass is 15.2. The lowest BCUT2D eigenvalue weighted by Crippen LogP contribution is -2.24. The average Bonchev–Trinajstić information content (AvgIpc) is 2.61. The molecular formula is C18H22N6. The van der Waals surface area contributed by atoms with E-state index in [1.54, 1.807) is 0 Å². The number of anilines is 2. The Kier molecular flexibility index (Phi) is 5.22. The minimum absolute atomic E-state index is 0.134. The topological polar surface area (TPSA) is 86.5 Å². The van der Waals surface area contributed by atoms with Crippen molar-refractivity contribution in [1.29, 1.82) is 5.26 Å². The van der Waals surface area contributed by atoms with Crippen LogP contribution >= 0.6 is 0 Å². The van der Waals surface area contributed by atoms with Gasteiger partial charge >= 0.3 is 0 Å². The number of hydrogen-bond acceptors (Lipinski definition) is 6. The lowest BCUT2D eigenvalue weighted by Gasteiger charge is -2.22. The lowest BCUT2D eigenvalue weighted by atomic mass is 9.96. The van der Waals surface area contributed by atoms with Gasteiger partial charge in [-0.15, -0.1) is 0 Å². The van der Waals surface area contributed by atoms with Crippen LogP contribution in [-0.2, 0) is 6.54 Å². The molecule has 3 rings (SSSR count). The van der Waals surface area contributed by atoms with Gasteiger partial charge in [0.1, 0.15) is 6.07 Å². The third kappa shape index (κ3) is 4.42. The van der Waals surface area contributed by atoms with Gasteiger partial charge in [0, 0.05) is 12.6 Å². The highest BCUT2D eigenvalue weighted by molar-refractivity contribution is 5.38. The van der Waals surface area contributed by atoms with Gasteiger partial charge in [0.05, 0.1) is 0 Å². The first kappa shape index (κ1) is 16.2. The van der Waals surface area contributed by atoms with Gasteiger partial charge in [-0.1, -0.05) is 49.1 Å². The van der Waals surface area contributed by atoms with Gasteiger partial charge in [-0.3, -0.25) is 0 Å². The van der Waals surface area contributed by atoms with Crippen molar-refractivity contribution in [2.75, 3.05) is 10.6 Å². The van der Waals surface area contributed by atoms with Gasteiger partial charge < -0.3 is 10.6 Å². The van der Waals surface area contributed by atoms with E-state index in [2.05, 4.69) is 44.6 Å². The van der Waals surface area contributed by atoms with Crippen LogP contribution in [0.1, 0.15) is 49.1 Å². The van der Waals surface area contributed by atoms with Crippen molar-refractivity contribution < 1.29 is 0 Å². The molecule has 6 heteroatoms. The number of rotatable bonds is 5. The molecule has 1 aliphatic rings. The molecule has 24 heavy (non-hydrogen) atoms. The molecule has 0 unspecified atom stereocenters. The second-order valence-corrected chi connectivity index (χ2v) is 6.24. The molecule has 1 aromatic carbocycles. The summed E-state index contributed by atoms with van der Waals surface area (Å²) in [7, 11) is 0. The maximum atomic E-state index is 9.16. The molecule has 0 bridgehead atoms. The second-order valence-electron chi connectivity index (χ2n) is 6.24. The van der Waals surface area contributed by atoms with Crippen molar-refractivity contribution in [3.63, 3.8) is 0 Å². The fraction of sp³-hybridized carbons (Fsp3) is 0.444. The summed E-state index contributed by atoms with van der Waals surface area (Å²) < 4.78 is 0. The molecule has 0 aliphatic heterocycles. The molecule has 0 saturated heterocycles. The number of nitriles is 1. The molecule has 1 aromatic heterocycles. The van der Waals surface area contributed by atoms with Crippen molar-refractivity contribution in [2.45, 2.75) is 51.6 Å². The zero-order valence-electron chi connectivity index (χ0n) is 13.9. The van der Waals surface area contributed by atoms with E-state index in [0.717, 1.165) is 18.4 Å². The highest BCUT2D eigenvalue weighted by Gasteiger charge is 2.15. The molecule has 2 N–H and O–H groups in total. The number of benzene rings is 1. The van der Waals surface area contributed by atoms with Crippen molar-refractivity contribution in [3.8, 4) is 6.07 Å². The Bertz CT molecular complexity index is 731. The van der Waals surface area contributed by atoms with Crippen LogP contribution in [0.25, 0.3) is 0 Å². The van der Waals surface area contributed by atoms with Gasteiger partial charge in [-0.25, -0.2) is 0 Å². The molecule has 0 radical (unpaired) electrons. The predicted octanol–water partition coefficient (Wildman–Crippen LogP) is 3.41. The zero-order valence-corrected chi connectivity index (χ0v) is 13.9. The normalized spacial score (nSPS) is 14.8. The molecule has 6 nitrogen and oxygen atoms in total. The third-order valence-electron chi connectivity index (χ3n) is 4.21. The van der Waals surface area contributed by atoms with Crippen LogP contribution in [0.2, 0.25) is 0 Å². The Labute approximate surface area is 142 Å². The van der Waals surface area contributed by atoms with Crippen molar-refractivity contribution in [2.24, 2.45) is 0 Å². The molecule has 2 aromatic rings. The number of hydrogen-bond donors (Lipinski definition) is 2. The maximum Gasteiger partial charge on any atom is 0.238 e. The first-order chi connectivity index (χ1) is 11.7. The molecular weight excluding hydrogens is 300 g/mol. The van der Waals surface area contributed by atoms with E-state index >= 15 is 0 Å². The standard InChI is InChI=1S/C18H22N6/c1-13-6-5-7-14(10-13)12-20-17-22-16(11-19)23-18(24-17)21-15-8-3-2-4-9-15/h5-7,10,15H,2-4,8-9,12H2,1H3,(H2,20,21,22,23,24). The summed E-state index contributed by atoms with van der Waals surface area (Å²) in [5, 5.41) is 15.7. The summed E-state index contributed by atoms with van der Waals surface area (Å²) in [6.45, 7) is 2.67. The molecule has 0 spiro atoms. The average molecular weight is 322 g/mol. The smallest absolute Gasteiger partial charge is 0.238 e. The van der Waals surface area contributed by atoms with Crippen LogP contribution in [0.4, 0.5) is 11.9 Å². The number of nitrogens with one attached hydrogen (secondary N) is 2. The molecule has 1 heterocycles. The Morgan fingerprint density at radius 1 is 1.12 bits per heavy atom. The summed E-state index contributed by atoms with van der Waals surface area (Å²) in [4.78, 5) is 12.7. The molecule has 0 atom stereocenters. The predicted molar refractivity (Wildman–Crippen MR) is 93.5 cm³/mol. The van der Waals surface area contributed by atoms with Gasteiger partial charge in [0.15, 0.2) is 0 Å². The summed E-state index contributed by atoms with van der Waals surface area (Å²) in [6.07, 6.45) is 6.00. The fourth-order valence-corrected chi connectivity index (χ4v) is 3.00. The van der Waals surface area contributed by atoms with Crippen LogP contribution in [0, 0.1) is 18.3 Å². The monoisotopic (exact) mass is 322 g/mol. The molecule has 1 fully saturated rings. The van der Waals surface area contributed by atoms with Crippen LogP contribution in [0.5, 0.6) is 0 Å². The summed E-state index contributed by atoms with van der Waals surface area (Å²) >= 11 is 0. The van der Waals surface area contributed by atoms with E-state index in [1.807, 2.05) is 18.2 Å². The van der Waals surface area contributed by atoms with E-state index in [1.165, 1.54) is 24.8 Å². The second kappa shape index (κ2) is 7.73. The Morgan fingerprint density at radius 2 is 1.92 bits per heavy atom. The van der Waals surface area contributed by atoms with Crippen molar-refractivity contribution in [1.82, 2.24) is 15.0 Å². The molecule has 0 amide bonds. The first-order valence-corrected chi connectivity index (χ1v) is 8.45. The quantitative estimate of drug-likeness (QED) is 0.877. The summed E-state index contributed by atoms with van der Waals surface area (Å²) in [5.41, 5.74) is 2.36. The van der Waals surface area contributed by atoms with Crippen molar-refractivity contribution >= 4 is 11.9 Å². The van der Waals surface area contributed by atoms with Crippen LogP contribution in [0.15, 0.2) is 24.3 Å². The maximum absolute atomic E-state index is 9.16. The molecule has 1 aliphatic carbocycles. The Hall–Kier alpha value is -2.68. The minimum atomic E-state index is 0.134. The Morgan fingerprint density at radius 3 is 2.67 bits per heavy atom. The van der Waals surface area contributed by atoms with Crippen molar-refractivity contribution in [3.05, 3.63) is 41.2 Å². The SMILES string of the molecule is Cc1cccc(CNc2nc(C#N)nc(NC3CCCCC3)n2)c1. The number of aromatic nitrogens is 3. The Balaban J connectivity index is 1.70. The van der Waals surface area contributed by atoms with Crippen LogP contribution in [-0.4, -0.2) is 21.0 Å². The fourth-order valence-electron chi connectivity index (χ4n) is 3.00. The zero-order chi connectivity index (χ0) is 16.8. The first-order valence-electron chi connectivity index (χ1n) is 8.45. The van der Waals surface area contributed by atoms with Gasteiger partial charge in [0.2, 0.25) is 17.7 Å². The largest absolute Gasteiger partial charge is 0.351 e. The van der Waals surface area contributed by atoms with E-state index in [-0.39, 0.29) is 5.82 Å². The van der Waals surface area contributed by atoms with Crippen LogP contribution < -0.4 is 10.6 Å². The van der Waals surface area contributed by atoms with E-state index in [0.29, 0.717) is 24.5 Å². The number of nitrogens with zero attached hydrogens (tertiary/aromatic N) is 4. The van der Waals surface area contributed by atoms with E-state index in [9.17, 15) is 0 Å². The number of aryl methyl sites for hydroxylation is 1. The minimum Gasteiger partial charge on any atom is -0.351 e. The van der Waals surface area contributed by atoms with E-state index in [4.69, 9.17) is 5.26 Å². The third-order valence-corrected chi connectivity index (χ3v) is 4.21. The van der Waals surface area contributed by atoms with Gasteiger partial charge in [-0.2, -0.15) is 20.2 Å². The molecule has 1 saturated carbocycles. The van der Waals surface area contributed by atoms with Gasteiger partial charge in [-0.05, 0) is 25.3 Å².